The summed E-state index contributed by atoms with van der Waals surface area (Å²) in [6.45, 7) is 3.96. The molecule has 1 aliphatic rings. The van der Waals surface area contributed by atoms with E-state index in [4.69, 9.17) is 14.2 Å². The van der Waals surface area contributed by atoms with Crippen molar-refractivity contribution in [1.82, 2.24) is 4.98 Å². The van der Waals surface area contributed by atoms with Gasteiger partial charge in [0.2, 0.25) is 5.75 Å². The van der Waals surface area contributed by atoms with Gasteiger partial charge in [-0.2, -0.15) is 0 Å². The molecule has 1 N–H and O–H groups in total. The summed E-state index contributed by atoms with van der Waals surface area (Å²) in [5.74, 6) is 2.00. The van der Waals surface area contributed by atoms with Crippen LogP contribution in [0.3, 0.4) is 0 Å². The van der Waals surface area contributed by atoms with Gasteiger partial charge in [0.1, 0.15) is 5.82 Å². The number of anilines is 2. The van der Waals surface area contributed by atoms with E-state index in [0.717, 1.165) is 24.6 Å². The Labute approximate surface area is 159 Å². The molecule has 1 aliphatic heterocycles. The fourth-order valence-electron chi connectivity index (χ4n) is 3.21. The van der Waals surface area contributed by atoms with E-state index in [1.807, 2.05) is 19.1 Å². The van der Waals surface area contributed by atoms with Gasteiger partial charge in [0.25, 0.3) is 5.91 Å². The number of hydrogen-bond acceptors (Lipinski definition) is 6. The van der Waals surface area contributed by atoms with Crippen LogP contribution in [0.5, 0.6) is 17.2 Å². The lowest BCUT2D eigenvalue weighted by Gasteiger charge is -2.18. The van der Waals surface area contributed by atoms with Gasteiger partial charge in [-0.15, -0.1) is 0 Å². The van der Waals surface area contributed by atoms with Crippen molar-refractivity contribution in [2.45, 2.75) is 19.8 Å². The first-order chi connectivity index (χ1) is 13.1. The molecule has 0 bridgehead atoms. The minimum atomic E-state index is -0.270. The lowest BCUT2D eigenvalue weighted by atomic mass is 10.1. The van der Waals surface area contributed by atoms with Gasteiger partial charge in [-0.3, -0.25) is 4.79 Å². The van der Waals surface area contributed by atoms with Gasteiger partial charge >= 0.3 is 0 Å². The Morgan fingerprint density at radius 1 is 1.04 bits per heavy atom. The Bertz CT molecular complexity index is 807. The van der Waals surface area contributed by atoms with Crippen molar-refractivity contribution in [1.29, 1.82) is 0 Å². The van der Waals surface area contributed by atoms with Crippen LogP contribution in [0.1, 0.15) is 28.9 Å². The van der Waals surface area contributed by atoms with E-state index < -0.39 is 0 Å². The number of rotatable bonds is 6. The third kappa shape index (κ3) is 3.92. The molecule has 7 heteroatoms. The highest BCUT2D eigenvalue weighted by atomic mass is 16.5. The number of amides is 1. The van der Waals surface area contributed by atoms with Crippen LogP contribution in [0.4, 0.5) is 11.5 Å². The molecule has 3 rings (SSSR count). The smallest absolute Gasteiger partial charge is 0.255 e. The van der Waals surface area contributed by atoms with Crippen molar-refractivity contribution in [3.8, 4) is 17.2 Å². The number of ether oxygens (including phenoxy) is 3. The molecule has 1 aromatic carbocycles. The van der Waals surface area contributed by atoms with Crippen LogP contribution in [0.15, 0.2) is 24.3 Å². The molecule has 1 amide bonds. The second-order valence-electron chi connectivity index (χ2n) is 6.36. The second-order valence-corrected chi connectivity index (χ2v) is 6.36. The Hall–Kier alpha value is -2.96. The zero-order valence-corrected chi connectivity index (χ0v) is 16.2. The van der Waals surface area contributed by atoms with Crippen LogP contribution in [0.25, 0.3) is 0 Å². The predicted octanol–water partition coefficient (Wildman–Crippen LogP) is 3.27. The van der Waals surface area contributed by atoms with E-state index in [9.17, 15) is 4.79 Å². The first-order valence-electron chi connectivity index (χ1n) is 8.91. The van der Waals surface area contributed by atoms with Gasteiger partial charge in [-0.25, -0.2) is 4.98 Å². The molecule has 144 valence electrons. The first-order valence-corrected chi connectivity index (χ1v) is 8.91. The number of methoxy groups -OCH3 is 3. The maximum absolute atomic E-state index is 12.7. The van der Waals surface area contributed by atoms with Crippen LogP contribution < -0.4 is 24.4 Å². The highest BCUT2D eigenvalue weighted by Gasteiger charge is 2.19. The molecule has 0 atom stereocenters. The summed E-state index contributed by atoms with van der Waals surface area (Å²) in [5, 5.41) is 2.91. The molecule has 1 fully saturated rings. The van der Waals surface area contributed by atoms with E-state index in [2.05, 4.69) is 15.2 Å². The van der Waals surface area contributed by atoms with Gasteiger partial charge in [-0.05, 0) is 44.0 Å². The lowest BCUT2D eigenvalue weighted by Crippen LogP contribution is -2.20. The topological polar surface area (TPSA) is 72.9 Å². The fourth-order valence-corrected chi connectivity index (χ4v) is 3.21. The van der Waals surface area contributed by atoms with Crippen molar-refractivity contribution >= 4 is 17.4 Å². The standard InChI is InChI=1S/C20H25N3O4/c1-13-15(7-8-18(21-13)23-9-5-6-10-23)22-20(24)14-11-16(25-2)19(27-4)17(12-14)26-3/h7-8,11-12H,5-6,9-10H2,1-4H3,(H,22,24). The third-order valence-corrected chi connectivity index (χ3v) is 4.68. The highest BCUT2D eigenvalue weighted by Crippen LogP contribution is 2.38. The number of aryl methyl sites for hydroxylation is 1. The van der Waals surface area contributed by atoms with Crippen molar-refractivity contribution < 1.29 is 19.0 Å². The van der Waals surface area contributed by atoms with Crippen LogP contribution in [0, 0.1) is 6.92 Å². The lowest BCUT2D eigenvalue weighted by molar-refractivity contribution is 0.102. The molecule has 0 spiro atoms. The number of hydrogen-bond donors (Lipinski definition) is 1. The second kappa shape index (κ2) is 8.16. The SMILES string of the molecule is COc1cc(C(=O)Nc2ccc(N3CCCC3)nc2C)cc(OC)c1OC. The molecule has 0 aliphatic carbocycles. The predicted molar refractivity (Wildman–Crippen MR) is 104 cm³/mol. The minimum Gasteiger partial charge on any atom is -0.493 e. The number of aromatic nitrogens is 1. The van der Waals surface area contributed by atoms with E-state index in [1.54, 1.807) is 12.1 Å². The van der Waals surface area contributed by atoms with Crippen LogP contribution in [-0.2, 0) is 0 Å². The first kappa shape index (κ1) is 18.8. The molecule has 1 saturated heterocycles. The quantitative estimate of drug-likeness (QED) is 0.840. The van der Waals surface area contributed by atoms with Gasteiger partial charge < -0.3 is 24.4 Å². The van der Waals surface area contributed by atoms with E-state index in [-0.39, 0.29) is 5.91 Å². The Balaban J connectivity index is 1.82. The number of nitrogens with zero attached hydrogens (tertiary/aromatic N) is 2. The summed E-state index contributed by atoms with van der Waals surface area (Å²) in [4.78, 5) is 19.6. The summed E-state index contributed by atoms with van der Waals surface area (Å²) in [7, 11) is 4.56. The molecule has 1 aromatic heterocycles. The zero-order chi connectivity index (χ0) is 19.4. The third-order valence-electron chi connectivity index (χ3n) is 4.68. The molecular weight excluding hydrogens is 346 g/mol. The maximum atomic E-state index is 12.7. The summed E-state index contributed by atoms with van der Waals surface area (Å²) in [6, 6.07) is 7.09. The summed E-state index contributed by atoms with van der Waals surface area (Å²) in [6.07, 6.45) is 2.39. The molecule has 2 aromatic rings. The summed E-state index contributed by atoms with van der Waals surface area (Å²) >= 11 is 0. The molecular formula is C20H25N3O4. The highest BCUT2D eigenvalue weighted by molar-refractivity contribution is 6.05. The van der Waals surface area contributed by atoms with Crippen LogP contribution in [0.2, 0.25) is 0 Å². The minimum absolute atomic E-state index is 0.270. The van der Waals surface area contributed by atoms with Crippen LogP contribution in [-0.4, -0.2) is 45.3 Å². The zero-order valence-electron chi connectivity index (χ0n) is 16.2. The Morgan fingerprint density at radius 2 is 1.67 bits per heavy atom. The number of carbonyl (C=O) groups excluding carboxylic acids is 1. The molecule has 7 nitrogen and oxygen atoms in total. The fraction of sp³-hybridized carbons (Fsp3) is 0.400. The van der Waals surface area contributed by atoms with E-state index in [0.29, 0.717) is 28.5 Å². The van der Waals surface area contributed by atoms with Crippen molar-refractivity contribution in [3.63, 3.8) is 0 Å². The van der Waals surface area contributed by atoms with Crippen LogP contribution >= 0.6 is 0 Å². The van der Waals surface area contributed by atoms with Gasteiger partial charge in [0.15, 0.2) is 11.5 Å². The Kier molecular flexibility index (Phi) is 5.69. The maximum Gasteiger partial charge on any atom is 0.255 e. The van der Waals surface area contributed by atoms with Gasteiger partial charge in [-0.1, -0.05) is 0 Å². The number of pyridine rings is 1. The van der Waals surface area contributed by atoms with Gasteiger partial charge in [0, 0.05) is 18.7 Å². The largest absolute Gasteiger partial charge is 0.493 e. The monoisotopic (exact) mass is 371 g/mol. The summed E-state index contributed by atoms with van der Waals surface area (Å²) < 4.78 is 15.9. The average Bonchev–Trinajstić information content (AvgIpc) is 3.22. The Morgan fingerprint density at radius 3 is 2.19 bits per heavy atom. The van der Waals surface area contributed by atoms with Gasteiger partial charge in [0.05, 0.1) is 32.7 Å². The number of carbonyl (C=O) groups is 1. The summed E-state index contributed by atoms with van der Waals surface area (Å²) in [5.41, 5.74) is 1.87. The number of nitrogens with one attached hydrogen (secondary N) is 1. The number of benzene rings is 1. The van der Waals surface area contributed by atoms with Crippen molar-refractivity contribution in [2.75, 3.05) is 44.6 Å². The molecule has 0 unspecified atom stereocenters. The molecule has 0 saturated carbocycles. The molecule has 2 heterocycles. The average molecular weight is 371 g/mol. The van der Waals surface area contributed by atoms with Crippen molar-refractivity contribution in [2.24, 2.45) is 0 Å². The van der Waals surface area contributed by atoms with E-state index in [1.165, 1.54) is 34.2 Å². The van der Waals surface area contributed by atoms with E-state index >= 15 is 0 Å². The molecule has 27 heavy (non-hydrogen) atoms. The van der Waals surface area contributed by atoms with Crippen molar-refractivity contribution in [3.05, 3.63) is 35.5 Å². The molecule has 0 radical (unpaired) electrons. The normalized spacial score (nSPS) is 13.4.